The van der Waals surface area contributed by atoms with Crippen LogP contribution in [0.4, 0.5) is 4.79 Å². The highest BCUT2D eigenvalue weighted by molar-refractivity contribution is 7.88. The van der Waals surface area contributed by atoms with E-state index in [0.717, 1.165) is 12.8 Å². The molecule has 8 heteroatoms. The summed E-state index contributed by atoms with van der Waals surface area (Å²) in [7, 11) is -3.93. The Hall–Kier alpha value is -0.860. The smallest absolute Gasteiger partial charge is 0.422 e. The molecule has 0 aromatic heterocycles. The molecule has 1 fully saturated rings. The minimum absolute atomic E-state index is 0.215. The van der Waals surface area contributed by atoms with Crippen molar-refractivity contribution >= 4 is 16.3 Å². The molecule has 0 atom stereocenters. The number of ether oxygens (including phenoxy) is 1. The zero-order chi connectivity index (χ0) is 13.8. The van der Waals surface area contributed by atoms with Gasteiger partial charge >= 0.3 is 16.3 Å². The van der Waals surface area contributed by atoms with Gasteiger partial charge in [0.2, 0.25) is 0 Å². The van der Waals surface area contributed by atoms with Crippen LogP contribution in [-0.2, 0) is 14.9 Å². The second-order valence-electron chi connectivity index (χ2n) is 4.85. The molecule has 7 nitrogen and oxygen atoms in total. The maximum absolute atomic E-state index is 11.8. The molecule has 0 radical (unpaired) electrons. The molecule has 1 amide bonds. The van der Waals surface area contributed by atoms with Gasteiger partial charge in [0.25, 0.3) is 0 Å². The lowest BCUT2D eigenvalue weighted by Crippen LogP contribution is -2.55. The van der Waals surface area contributed by atoms with Crippen molar-refractivity contribution in [1.82, 2.24) is 9.44 Å². The van der Waals surface area contributed by atoms with E-state index in [1.165, 1.54) is 0 Å². The van der Waals surface area contributed by atoms with Crippen LogP contribution in [0.1, 0.15) is 39.5 Å². The Morgan fingerprint density at radius 2 is 1.94 bits per heavy atom. The van der Waals surface area contributed by atoms with Gasteiger partial charge in [-0.25, -0.2) is 9.52 Å². The number of carbonyl (C=O) groups excluding carboxylic acids is 1. The Morgan fingerprint density at radius 1 is 1.39 bits per heavy atom. The van der Waals surface area contributed by atoms with E-state index in [9.17, 15) is 13.2 Å². The van der Waals surface area contributed by atoms with Gasteiger partial charge in [-0.2, -0.15) is 13.1 Å². The monoisotopic (exact) mass is 279 g/mol. The minimum atomic E-state index is -3.93. The average molecular weight is 279 g/mol. The predicted molar refractivity (Wildman–Crippen MR) is 67.1 cm³/mol. The van der Waals surface area contributed by atoms with Crippen LogP contribution in [0.15, 0.2) is 0 Å². The summed E-state index contributed by atoms with van der Waals surface area (Å²) in [4.78, 5) is 11.3. The molecule has 0 saturated heterocycles. The van der Waals surface area contributed by atoms with Crippen molar-refractivity contribution in [3.05, 3.63) is 0 Å². The molecule has 106 valence electrons. The highest BCUT2D eigenvalue weighted by Crippen LogP contribution is 2.29. The van der Waals surface area contributed by atoms with Gasteiger partial charge in [0.15, 0.2) is 0 Å². The number of amides is 1. The summed E-state index contributed by atoms with van der Waals surface area (Å²) in [6, 6.07) is 0. The lowest BCUT2D eigenvalue weighted by atomic mass is 10.0. The third kappa shape index (κ3) is 4.43. The molecule has 1 aliphatic rings. The van der Waals surface area contributed by atoms with Crippen LogP contribution < -0.4 is 15.2 Å². The van der Waals surface area contributed by atoms with Gasteiger partial charge in [0, 0.05) is 12.1 Å². The number of nitrogens with one attached hydrogen (secondary N) is 2. The van der Waals surface area contributed by atoms with Crippen LogP contribution in [0.3, 0.4) is 0 Å². The van der Waals surface area contributed by atoms with E-state index < -0.39 is 21.8 Å². The molecule has 1 aliphatic carbocycles. The van der Waals surface area contributed by atoms with E-state index >= 15 is 0 Å². The number of nitrogens with two attached hydrogens (primary N) is 1. The molecule has 0 heterocycles. The van der Waals surface area contributed by atoms with Gasteiger partial charge in [0.1, 0.15) is 0 Å². The van der Waals surface area contributed by atoms with E-state index in [1.807, 2.05) is 4.72 Å². The predicted octanol–water partition coefficient (Wildman–Crippen LogP) is 0.227. The quantitative estimate of drug-likeness (QED) is 0.667. The molecule has 0 aromatic carbocycles. The molecule has 0 aromatic rings. The maximum Gasteiger partial charge on any atom is 0.422 e. The zero-order valence-electron chi connectivity index (χ0n) is 10.7. The van der Waals surface area contributed by atoms with Crippen LogP contribution in [-0.4, -0.2) is 32.7 Å². The zero-order valence-corrected chi connectivity index (χ0v) is 11.5. The van der Waals surface area contributed by atoms with Crippen LogP contribution in [0.25, 0.3) is 0 Å². The fourth-order valence-corrected chi connectivity index (χ4v) is 3.23. The second kappa shape index (κ2) is 5.85. The van der Waals surface area contributed by atoms with Gasteiger partial charge < -0.3 is 10.5 Å². The highest BCUT2D eigenvalue weighted by Gasteiger charge is 2.36. The first-order valence-corrected chi connectivity index (χ1v) is 7.49. The third-order valence-electron chi connectivity index (χ3n) is 2.86. The van der Waals surface area contributed by atoms with E-state index in [0.29, 0.717) is 12.8 Å². The van der Waals surface area contributed by atoms with E-state index in [-0.39, 0.29) is 12.6 Å². The standard InChI is InChI=1S/C10H21N3O4S/c1-8(2)17-9(14)12-18(15,16)13-10(7-11)5-3-4-6-10/h8,13H,3-7,11H2,1-2H3,(H,12,14). The first-order valence-electron chi connectivity index (χ1n) is 6.01. The lowest BCUT2D eigenvalue weighted by molar-refractivity contribution is 0.121. The van der Waals surface area contributed by atoms with Crippen molar-refractivity contribution in [2.75, 3.05) is 6.54 Å². The molecule has 0 bridgehead atoms. The summed E-state index contributed by atoms with van der Waals surface area (Å²) in [5.74, 6) is 0. The molecule has 0 aliphatic heterocycles. The van der Waals surface area contributed by atoms with E-state index in [4.69, 9.17) is 10.5 Å². The summed E-state index contributed by atoms with van der Waals surface area (Å²) in [5.41, 5.74) is 4.98. The van der Waals surface area contributed by atoms with Gasteiger partial charge in [-0.05, 0) is 26.7 Å². The SMILES string of the molecule is CC(C)OC(=O)NS(=O)(=O)NC1(CN)CCCC1. The van der Waals surface area contributed by atoms with Crippen LogP contribution in [0, 0.1) is 0 Å². The number of hydrogen-bond acceptors (Lipinski definition) is 5. The van der Waals surface area contributed by atoms with Crippen molar-refractivity contribution in [2.24, 2.45) is 5.73 Å². The van der Waals surface area contributed by atoms with Gasteiger partial charge in [0.05, 0.1) is 6.10 Å². The second-order valence-corrected chi connectivity index (χ2v) is 6.27. The third-order valence-corrected chi connectivity index (χ3v) is 4.00. The molecule has 1 saturated carbocycles. The molecule has 0 unspecified atom stereocenters. The number of carbonyl (C=O) groups is 1. The van der Waals surface area contributed by atoms with Crippen molar-refractivity contribution in [1.29, 1.82) is 0 Å². The van der Waals surface area contributed by atoms with E-state index in [2.05, 4.69) is 4.72 Å². The lowest BCUT2D eigenvalue weighted by Gasteiger charge is -2.28. The Morgan fingerprint density at radius 3 is 2.39 bits per heavy atom. The number of hydrogen-bond donors (Lipinski definition) is 3. The molecule has 4 N–H and O–H groups in total. The molecule has 18 heavy (non-hydrogen) atoms. The van der Waals surface area contributed by atoms with Gasteiger partial charge in [-0.1, -0.05) is 12.8 Å². The minimum Gasteiger partial charge on any atom is -0.446 e. The van der Waals surface area contributed by atoms with Crippen molar-refractivity contribution in [3.63, 3.8) is 0 Å². The fourth-order valence-electron chi connectivity index (χ4n) is 2.06. The molecule has 0 spiro atoms. The normalized spacial score (nSPS) is 18.9. The van der Waals surface area contributed by atoms with Crippen molar-refractivity contribution in [2.45, 2.75) is 51.2 Å². The summed E-state index contributed by atoms with van der Waals surface area (Å²) in [6.45, 7) is 3.49. The molecular weight excluding hydrogens is 258 g/mol. The average Bonchev–Trinajstić information content (AvgIpc) is 2.63. The topological polar surface area (TPSA) is 111 Å². The van der Waals surface area contributed by atoms with Crippen molar-refractivity contribution in [3.8, 4) is 0 Å². The van der Waals surface area contributed by atoms with Crippen LogP contribution >= 0.6 is 0 Å². The Labute approximate surface area is 108 Å². The Kier molecular flexibility index (Phi) is 4.94. The number of rotatable bonds is 5. The van der Waals surface area contributed by atoms with E-state index in [1.54, 1.807) is 13.8 Å². The maximum atomic E-state index is 11.8. The molecular formula is C10H21N3O4S. The summed E-state index contributed by atoms with van der Waals surface area (Å²) in [5, 5.41) is 0. The van der Waals surface area contributed by atoms with Gasteiger partial charge in [-0.15, -0.1) is 0 Å². The Balaban J connectivity index is 2.61. The summed E-state index contributed by atoms with van der Waals surface area (Å²) >= 11 is 0. The first kappa shape index (κ1) is 15.2. The van der Waals surface area contributed by atoms with Gasteiger partial charge in [-0.3, -0.25) is 0 Å². The largest absolute Gasteiger partial charge is 0.446 e. The highest BCUT2D eigenvalue weighted by atomic mass is 32.2. The Bertz CT molecular complexity index is 388. The summed E-state index contributed by atoms with van der Waals surface area (Å²) < 4.78 is 32.5. The molecule has 1 rings (SSSR count). The van der Waals surface area contributed by atoms with Crippen LogP contribution in [0.2, 0.25) is 0 Å². The summed E-state index contributed by atoms with van der Waals surface area (Å²) in [6.07, 6.45) is 1.86. The first-order chi connectivity index (χ1) is 8.29. The van der Waals surface area contributed by atoms with Crippen LogP contribution in [0.5, 0.6) is 0 Å². The van der Waals surface area contributed by atoms with Crippen molar-refractivity contribution < 1.29 is 17.9 Å². The fraction of sp³-hybridized carbons (Fsp3) is 0.900.